The van der Waals surface area contributed by atoms with Crippen LogP contribution >= 0.6 is 0 Å². The number of amides is 1. The minimum absolute atomic E-state index is 0.00859. The molecule has 5 nitrogen and oxygen atoms in total. The van der Waals surface area contributed by atoms with Crippen molar-refractivity contribution < 1.29 is 17.4 Å². The van der Waals surface area contributed by atoms with Gasteiger partial charge in [-0.15, -0.1) is 0 Å². The van der Waals surface area contributed by atoms with Crippen molar-refractivity contribution in [1.29, 1.82) is 0 Å². The molecule has 2 aromatic carbocycles. The van der Waals surface area contributed by atoms with Crippen molar-refractivity contribution >= 4 is 16.0 Å². The van der Waals surface area contributed by atoms with Gasteiger partial charge in [-0.3, -0.25) is 4.79 Å². The van der Waals surface area contributed by atoms with Gasteiger partial charge in [0, 0.05) is 0 Å². The Labute approximate surface area is 110 Å². The van der Waals surface area contributed by atoms with E-state index in [9.17, 15) is 13.2 Å². The van der Waals surface area contributed by atoms with Crippen LogP contribution in [-0.4, -0.2) is 14.3 Å². The van der Waals surface area contributed by atoms with Crippen molar-refractivity contribution in [2.75, 3.05) is 0 Å². The van der Waals surface area contributed by atoms with E-state index in [2.05, 4.69) is 0 Å². The topological polar surface area (TPSA) is 86.5 Å². The van der Waals surface area contributed by atoms with E-state index in [1.165, 1.54) is 24.3 Å². The van der Waals surface area contributed by atoms with Crippen LogP contribution in [0.5, 0.6) is 5.75 Å². The zero-order valence-electron chi connectivity index (χ0n) is 9.81. The van der Waals surface area contributed by atoms with E-state index in [-0.39, 0.29) is 16.2 Å². The molecule has 0 aliphatic carbocycles. The van der Waals surface area contributed by atoms with Crippen LogP contribution in [-0.2, 0) is 10.1 Å². The van der Waals surface area contributed by atoms with Gasteiger partial charge in [0.1, 0.15) is 4.90 Å². The summed E-state index contributed by atoms with van der Waals surface area (Å²) in [5.74, 6) is -0.835. The number of hydrogen-bond acceptors (Lipinski definition) is 4. The number of nitrogens with two attached hydrogens (primary N) is 1. The Morgan fingerprint density at radius 2 is 1.53 bits per heavy atom. The lowest BCUT2D eigenvalue weighted by atomic mass is 10.2. The first-order chi connectivity index (χ1) is 9.00. The average Bonchev–Trinajstić information content (AvgIpc) is 2.39. The van der Waals surface area contributed by atoms with Crippen LogP contribution in [0.25, 0.3) is 0 Å². The quantitative estimate of drug-likeness (QED) is 0.859. The molecule has 0 heterocycles. The molecule has 98 valence electrons. The maximum Gasteiger partial charge on any atom is 0.339 e. The summed E-state index contributed by atoms with van der Waals surface area (Å²) in [6.45, 7) is 0. The highest BCUT2D eigenvalue weighted by molar-refractivity contribution is 7.87. The average molecular weight is 277 g/mol. The smallest absolute Gasteiger partial charge is 0.339 e. The minimum atomic E-state index is -3.98. The third-order valence-electron chi connectivity index (χ3n) is 2.38. The number of benzene rings is 2. The maximum absolute atomic E-state index is 12.0. The van der Waals surface area contributed by atoms with Gasteiger partial charge in [-0.2, -0.15) is 8.42 Å². The molecule has 1 amide bonds. The summed E-state index contributed by atoms with van der Waals surface area (Å²) < 4.78 is 29.0. The third-order valence-corrected chi connectivity index (χ3v) is 3.63. The largest absolute Gasteiger partial charge is 0.378 e. The molecule has 0 aromatic heterocycles. The van der Waals surface area contributed by atoms with Crippen LogP contribution in [0.4, 0.5) is 0 Å². The zero-order valence-corrected chi connectivity index (χ0v) is 10.6. The molecular weight excluding hydrogens is 266 g/mol. The number of para-hydroxylation sites is 1. The van der Waals surface area contributed by atoms with E-state index in [1.54, 1.807) is 30.3 Å². The summed E-state index contributed by atoms with van der Waals surface area (Å²) >= 11 is 0. The molecule has 0 unspecified atom stereocenters. The summed E-state index contributed by atoms with van der Waals surface area (Å²) in [7, 11) is -3.98. The van der Waals surface area contributed by atoms with E-state index < -0.39 is 16.0 Å². The molecule has 0 fully saturated rings. The Morgan fingerprint density at radius 1 is 0.947 bits per heavy atom. The molecule has 19 heavy (non-hydrogen) atoms. The predicted octanol–water partition coefficient (Wildman–Crippen LogP) is 1.55. The van der Waals surface area contributed by atoms with Crippen LogP contribution in [0.2, 0.25) is 0 Å². The highest BCUT2D eigenvalue weighted by Gasteiger charge is 2.19. The van der Waals surface area contributed by atoms with Crippen molar-refractivity contribution in [3.05, 3.63) is 60.2 Å². The number of hydrogen-bond donors (Lipinski definition) is 1. The van der Waals surface area contributed by atoms with Gasteiger partial charge in [0.25, 0.3) is 5.91 Å². The monoisotopic (exact) mass is 277 g/mol. The summed E-state index contributed by atoms with van der Waals surface area (Å²) in [6, 6.07) is 13.6. The van der Waals surface area contributed by atoms with Gasteiger partial charge in [0.05, 0.1) is 5.56 Å². The Bertz CT molecular complexity index is 696. The Hall–Kier alpha value is -2.34. The third kappa shape index (κ3) is 2.92. The predicted molar refractivity (Wildman–Crippen MR) is 69.2 cm³/mol. The summed E-state index contributed by atoms with van der Waals surface area (Å²) in [4.78, 5) is 11.2. The van der Waals surface area contributed by atoms with Crippen LogP contribution in [0, 0.1) is 0 Å². The molecule has 0 saturated heterocycles. The molecule has 0 radical (unpaired) electrons. The fourth-order valence-electron chi connectivity index (χ4n) is 1.50. The molecule has 0 spiro atoms. The molecule has 0 saturated carbocycles. The normalized spacial score (nSPS) is 10.9. The van der Waals surface area contributed by atoms with Crippen LogP contribution in [0.1, 0.15) is 10.4 Å². The SMILES string of the molecule is NC(=O)c1ccccc1OS(=O)(=O)c1ccccc1. The molecule has 0 bridgehead atoms. The van der Waals surface area contributed by atoms with E-state index in [1.807, 2.05) is 0 Å². The van der Waals surface area contributed by atoms with Gasteiger partial charge >= 0.3 is 10.1 Å². The van der Waals surface area contributed by atoms with Gasteiger partial charge in [0.15, 0.2) is 5.75 Å². The van der Waals surface area contributed by atoms with E-state index >= 15 is 0 Å². The first-order valence-electron chi connectivity index (χ1n) is 5.39. The molecule has 2 rings (SSSR count). The highest BCUT2D eigenvalue weighted by atomic mass is 32.2. The van der Waals surface area contributed by atoms with Gasteiger partial charge in [0.2, 0.25) is 0 Å². The zero-order chi connectivity index (χ0) is 13.9. The summed E-state index contributed by atoms with van der Waals surface area (Å²) in [5.41, 5.74) is 5.17. The number of carbonyl (C=O) groups is 1. The van der Waals surface area contributed by atoms with E-state index in [0.29, 0.717) is 0 Å². The lowest BCUT2D eigenvalue weighted by molar-refractivity contribution is 0.0999. The standard InChI is InChI=1S/C13H11NO4S/c14-13(15)11-8-4-5-9-12(11)18-19(16,17)10-6-2-1-3-7-10/h1-9H,(H2,14,15). The van der Waals surface area contributed by atoms with Gasteiger partial charge in [-0.1, -0.05) is 30.3 Å². The Kier molecular flexibility index (Phi) is 3.52. The second kappa shape index (κ2) is 5.11. The first kappa shape index (κ1) is 13.1. The van der Waals surface area contributed by atoms with Crippen LogP contribution in [0.3, 0.4) is 0 Å². The maximum atomic E-state index is 12.0. The molecule has 2 N–H and O–H groups in total. The van der Waals surface area contributed by atoms with E-state index in [0.717, 1.165) is 0 Å². The molecule has 0 aliphatic heterocycles. The van der Waals surface area contributed by atoms with Gasteiger partial charge < -0.3 is 9.92 Å². The lowest BCUT2D eigenvalue weighted by Crippen LogP contribution is -2.16. The number of rotatable bonds is 4. The Balaban J connectivity index is 2.39. The summed E-state index contributed by atoms with van der Waals surface area (Å²) in [5, 5.41) is 0. The van der Waals surface area contributed by atoms with Crippen molar-refractivity contribution in [3.8, 4) is 5.75 Å². The molecule has 0 atom stereocenters. The highest BCUT2D eigenvalue weighted by Crippen LogP contribution is 2.22. The van der Waals surface area contributed by atoms with Crippen LogP contribution < -0.4 is 9.92 Å². The molecule has 0 aliphatic rings. The molecule has 6 heteroatoms. The minimum Gasteiger partial charge on any atom is -0.378 e. The fraction of sp³-hybridized carbons (Fsp3) is 0. The Morgan fingerprint density at radius 3 is 2.16 bits per heavy atom. The first-order valence-corrected chi connectivity index (χ1v) is 6.80. The molecule has 2 aromatic rings. The lowest BCUT2D eigenvalue weighted by Gasteiger charge is -2.09. The second-order valence-corrected chi connectivity index (χ2v) is 5.26. The van der Waals surface area contributed by atoms with Crippen molar-refractivity contribution in [2.24, 2.45) is 5.73 Å². The second-order valence-electron chi connectivity index (χ2n) is 3.71. The van der Waals surface area contributed by atoms with Crippen molar-refractivity contribution in [3.63, 3.8) is 0 Å². The fourth-order valence-corrected chi connectivity index (χ4v) is 2.46. The van der Waals surface area contributed by atoms with Crippen molar-refractivity contribution in [2.45, 2.75) is 4.90 Å². The number of carbonyl (C=O) groups excluding carboxylic acids is 1. The van der Waals surface area contributed by atoms with E-state index in [4.69, 9.17) is 9.92 Å². The van der Waals surface area contributed by atoms with Crippen LogP contribution in [0.15, 0.2) is 59.5 Å². The summed E-state index contributed by atoms with van der Waals surface area (Å²) in [6.07, 6.45) is 0. The van der Waals surface area contributed by atoms with Crippen molar-refractivity contribution in [1.82, 2.24) is 0 Å². The van der Waals surface area contributed by atoms with Gasteiger partial charge in [-0.25, -0.2) is 0 Å². The van der Waals surface area contributed by atoms with Gasteiger partial charge in [-0.05, 0) is 24.3 Å². The molecular formula is C13H11NO4S. The number of primary amides is 1.